The monoisotopic (exact) mass is 446 g/mol. The number of hydrogen-bond donors (Lipinski definition) is 0. The highest BCUT2D eigenvalue weighted by Gasteiger charge is 2.60. The van der Waals surface area contributed by atoms with Crippen LogP contribution in [0.1, 0.15) is 30.4 Å². The first-order valence-electron chi connectivity index (χ1n) is 9.83. The van der Waals surface area contributed by atoms with E-state index in [4.69, 9.17) is 23.2 Å². The molecule has 1 aliphatic carbocycles. The predicted molar refractivity (Wildman–Crippen MR) is 117 cm³/mol. The van der Waals surface area contributed by atoms with Crippen LogP contribution >= 0.6 is 35.0 Å². The maximum atomic E-state index is 13.9. The van der Waals surface area contributed by atoms with Gasteiger partial charge in [0.15, 0.2) is 4.87 Å². The molecule has 3 aliphatic rings. The van der Waals surface area contributed by atoms with Crippen molar-refractivity contribution < 1.29 is 9.59 Å². The minimum absolute atomic E-state index is 0.0404. The number of fused-ring (bicyclic) bond motifs is 2. The molecule has 4 nitrogen and oxygen atoms in total. The van der Waals surface area contributed by atoms with E-state index in [2.05, 4.69) is 0 Å². The number of nitrogens with zero attached hydrogens (tertiary/aromatic N) is 2. The van der Waals surface area contributed by atoms with Gasteiger partial charge in [0.2, 0.25) is 5.91 Å². The lowest BCUT2D eigenvalue weighted by molar-refractivity contribution is -0.145. The second-order valence-corrected chi connectivity index (χ2v) is 9.89. The summed E-state index contributed by atoms with van der Waals surface area (Å²) < 4.78 is 0. The molecule has 2 fully saturated rings. The molecular formula is C22H20Cl2N2O2S. The molecule has 0 radical (unpaired) electrons. The minimum atomic E-state index is -1.02. The van der Waals surface area contributed by atoms with Crippen LogP contribution in [-0.2, 0) is 21.0 Å². The fourth-order valence-electron chi connectivity index (χ4n) is 4.44. The van der Waals surface area contributed by atoms with Crippen LogP contribution in [0.4, 0.5) is 5.69 Å². The molecule has 2 aliphatic heterocycles. The Bertz CT molecular complexity index is 1010. The van der Waals surface area contributed by atoms with Crippen LogP contribution in [0.15, 0.2) is 42.5 Å². The first-order valence-corrected chi connectivity index (χ1v) is 11.6. The number of amides is 2. The standard InChI is InChI=1S/C22H20Cl2N2O2S/c23-16-8-9-19-17(12-16)22(26(10-11-29-22)20(27)14-5-3-6-14)21(28)25(19)13-15-4-1-2-7-18(15)24/h1-2,4,7-9,12,14H,3,5-6,10-11,13H2/t22-/m0/s1. The second kappa shape index (κ2) is 7.22. The van der Waals surface area contributed by atoms with Crippen LogP contribution in [0.25, 0.3) is 0 Å². The van der Waals surface area contributed by atoms with E-state index < -0.39 is 4.87 Å². The lowest BCUT2D eigenvalue weighted by Gasteiger charge is -2.37. The summed E-state index contributed by atoms with van der Waals surface area (Å²) in [6.45, 7) is 0.943. The molecule has 2 amide bonds. The highest BCUT2D eigenvalue weighted by atomic mass is 35.5. The Kier molecular flexibility index (Phi) is 4.80. The molecular weight excluding hydrogens is 427 g/mol. The molecule has 1 atom stereocenters. The summed E-state index contributed by atoms with van der Waals surface area (Å²) in [6, 6.07) is 13.1. The Morgan fingerprint density at radius 3 is 2.69 bits per heavy atom. The summed E-state index contributed by atoms with van der Waals surface area (Å²) >= 11 is 14.2. The molecule has 2 aromatic rings. The van der Waals surface area contributed by atoms with Gasteiger partial charge in [-0.15, -0.1) is 11.8 Å². The van der Waals surface area contributed by atoms with Crippen LogP contribution < -0.4 is 4.90 Å². The summed E-state index contributed by atoms with van der Waals surface area (Å²) in [5, 5.41) is 1.19. The topological polar surface area (TPSA) is 40.6 Å². The maximum absolute atomic E-state index is 13.9. The number of rotatable bonds is 3. The third-order valence-corrected chi connectivity index (χ3v) is 8.19. The van der Waals surface area contributed by atoms with E-state index in [1.165, 1.54) is 0 Å². The van der Waals surface area contributed by atoms with E-state index in [0.29, 0.717) is 23.1 Å². The molecule has 5 rings (SSSR count). The summed E-state index contributed by atoms with van der Waals surface area (Å²) in [7, 11) is 0. The summed E-state index contributed by atoms with van der Waals surface area (Å²) in [5.74, 6) is 0.791. The van der Waals surface area contributed by atoms with Crippen molar-refractivity contribution in [3.63, 3.8) is 0 Å². The largest absolute Gasteiger partial charge is 0.315 e. The van der Waals surface area contributed by atoms with E-state index >= 15 is 0 Å². The number of anilines is 1. The molecule has 1 spiro atoms. The molecule has 1 saturated carbocycles. The van der Waals surface area contributed by atoms with Crippen molar-refractivity contribution >= 4 is 52.5 Å². The SMILES string of the molecule is O=C(C1CCC1)N1CCS[C@@]12C(=O)N(Cc1ccccc1Cl)c1ccc(Cl)cc12. The zero-order valence-electron chi connectivity index (χ0n) is 15.7. The van der Waals surface area contributed by atoms with Crippen molar-refractivity contribution in [3.05, 3.63) is 63.6 Å². The van der Waals surface area contributed by atoms with Gasteiger partial charge in [-0.25, -0.2) is 0 Å². The number of halogens is 2. The molecule has 0 bridgehead atoms. The highest BCUT2D eigenvalue weighted by molar-refractivity contribution is 8.01. The summed E-state index contributed by atoms with van der Waals surface area (Å²) in [4.78, 5) is 29.7. The van der Waals surface area contributed by atoms with E-state index in [0.717, 1.165) is 41.8 Å². The predicted octanol–water partition coefficient (Wildman–Crippen LogP) is 5.07. The molecule has 0 N–H and O–H groups in total. The smallest absolute Gasteiger partial charge is 0.268 e. The van der Waals surface area contributed by atoms with Crippen molar-refractivity contribution in [2.45, 2.75) is 30.7 Å². The van der Waals surface area contributed by atoms with E-state index in [1.807, 2.05) is 41.3 Å². The van der Waals surface area contributed by atoms with Gasteiger partial charge in [0.1, 0.15) is 0 Å². The van der Waals surface area contributed by atoms with Gasteiger partial charge in [0, 0.05) is 33.8 Å². The van der Waals surface area contributed by atoms with Gasteiger partial charge < -0.3 is 9.80 Å². The lowest BCUT2D eigenvalue weighted by atomic mass is 9.84. The number of thioether (sulfide) groups is 1. The molecule has 1 saturated heterocycles. The Morgan fingerprint density at radius 1 is 1.17 bits per heavy atom. The van der Waals surface area contributed by atoms with E-state index in [-0.39, 0.29) is 17.7 Å². The molecule has 150 valence electrons. The number of carbonyl (C=O) groups is 2. The minimum Gasteiger partial charge on any atom is -0.315 e. The van der Waals surface area contributed by atoms with Gasteiger partial charge in [-0.2, -0.15) is 0 Å². The van der Waals surface area contributed by atoms with E-state index in [1.54, 1.807) is 22.7 Å². The second-order valence-electron chi connectivity index (χ2n) is 7.75. The fourth-order valence-corrected chi connectivity index (χ4v) is 6.26. The lowest BCUT2D eigenvalue weighted by Crippen LogP contribution is -2.52. The Labute approximate surface area is 184 Å². The molecule has 2 aromatic carbocycles. The molecule has 7 heteroatoms. The fraction of sp³-hybridized carbons (Fsp3) is 0.364. The van der Waals surface area contributed by atoms with Gasteiger partial charge in [0.05, 0.1) is 12.2 Å². The van der Waals surface area contributed by atoms with Crippen LogP contribution in [0, 0.1) is 5.92 Å². The molecule has 0 unspecified atom stereocenters. The average Bonchev–Trinajstić information content (AvgIpc) is 3.19. The van der Waals surface area contributed by atoms with Gasteiger partial charge in [-0.3, -0.25) is 9.59 Å². The normalized spacial score (nSPS) is 23.6. The third-order valence-electron chi connectivity index (χ3n) is 6.16. The van der Waals surface area contributed by atoms with Gasteiger partial charge in [-0.1, -0.05) is 47.8 Å². The molecule has 2 heterocycles. The van der Waals surface area contributed by atoms with Crippen molar-refractivity contribution in [1.82, 2.24) is 4.90 Å². The average molecular weight is 447 g/mol. The summed E-state index contributed by atoms with van der Waals surface area (Å²) in [5.41, 5.74) is 2.50. The Morgan fingerprint density at radius 2 is 1.97 bits per heavy atom. The van der Waals surface area contributed by atoms with Crippen LogP contribution in [0.5, 0.6) is 0 Å². The van der Waals surface area contributed by atoms with E-state index in [9.17, 15) is 9.59 Å². The number of carbonyl (C=O) groups excluding carboxylic acids is 2. The van der Waals surface area contributed by atoms with Gasteiger partial charge >= 0.3 is 0 Å². The first kappa shape index (κ1) is 19.3. The highest BCUT2D eigenvalue weighted by Crippen LogP contribution is 2.55. The number of hydrogen-bond acceptors (Lipinski definition) is 3. The quantitative estimate of drug-likeness (QED) is 0.660. The van der Waals surface area contributed by atoms with Crippen LogP contribution in [0.2, 0.25) is 10.0 Å². The Balaban J connectivity index is 1.60. The van der Waals surface area contributed by atoms with Crippen molar-refractivity contribution in [1.29, 1.82) is 0 Å². The first-order chi connectivity index (χ1) is 14.0. The maximum Gasteiger partial charge on any atom is 0.268 e. The van der Waals surface area contributed by atoms with Gasteiger partial charge in [-0.05, 0) is 42.7 Å². The van der Waals surface area contributed by atoms with Gasteiger partial charge in [0.25, 0.3) is 5.91 Å². The van der Waals surface area contributed by atoms with Crippen molar-refractivity contribution in [2.24, 2.45) is 5.92 Å². The zero-order valence-corrected chi connectivity index (χ0v) is 18.1. The number of benzene rings is 2. The van der Waals surface area contributed by atoms with Crippen LogP contribution in [0.3, 0.4) is 0 Å². The Hall–Kier alpha value is -1.69. The molecule has 29 heavy (non-hydrogen) atoms. The zero-order chi connectivity index (χ0) is 20.2. The third kappa shape index (κ3) is 2.89. The molecule has 0 aromatic heterocycles. The summed E-state index contributed by atoms with van der Waals surface area (Å²) in [6.07, 6.45) is 2.91. The van der Waals surface area contributed by atoms with Crippen LogP contribution in [-0.4, -0.2) is 29.0 Å². The van der Waals surface area contributed by atoms with Crippen molar-refractivity contribution in [2.75, 3.05) is 17.2 Å². The van der Waals surface area contributed by atoms with Crippen molar-refractivity contribution in [3.8, 4) is 0 Å².